The molecular formula is C9H9NO4. The molecule has 5 heteroatoms. The van der Waals surface area contributed by atoms with E-state index in [2.05, 4.69) is 4.74 Å². The second-order valence-corrected chi connectivity index (χ2v) is 2.72. The molecule has 1 unspecified atom stereocenters. The van der Waals surface area contributed by atoms with Gasteiger partial charge in [-0.05, 0) is 24.6 Å². The van der Waals surface area contributed by atoms with Gasteiger partial charge in [0.15, 0.2) is 0 Å². The molecule has 0 saturated carbocycles. The van der Waals surface area contributed by atoms with Crippen LogP contribution < -0.4 is 0 Å². The van der Waals surface area contributed by atoms with Gasteiger partial charge in [0.25, 0.3) is 12.2 Å². The Kier molecular flexibility index (Phi) is 3.17. The van der Waals surface area contributed by atoms with E-state index in [9.17, 15) is 14.9 Å². The van der Waals surface area contributed by atoms with E-state index in [0.29, 0.717) is 6.47 Å². The third-order valence-corrected chi connectivity index (χ3v) is 1.83. The van der Waals surface area contributed by atoms with Gasteiger partial charge in [0, 0.05) is 12.1 Å². The van der Waals surface area contributed by atoms with Crippen LogP contribution in [0.5, 0.6) is 0 Å². The molecule has 0 aliphatic heterocycles. The van der Waals surface area contributed by atoms with E-state index in [0.717, 1.165) is 5.56 Å². The van der Waals surface area contributed by atoms with Gasteiger partial charge >= 0.3 is 0 Å². The number of hydrogen-bond acceptors (Lipinski definition) is 4. The highest BCUT2D eigenvalue weighted by Gasteiger charge is 2.08. The summed E-state index contributed by atoms with van der Waals surface area (Å²) < 4.78 is 4.68. The Bertz CT molecular complexity index is 333. The Morgan fingerprint density at radius 3 is 2.43 bits per heavy atom. The fourth-order valence-electron chi connectivity index (χ4n) is 1.03. The summed E-state index contributed by atoms with van der Waals surface area (Å²) in [6, 6.07) is 5.87. The standard InChI is InChI=1S/C9H9NO4/c1-7(14-6-11)8-2-4-9(5-3-8)10(12)13/h2-7H,1H3. The molecule has 0 amide bonds. The van der Waals surface area contributed by atoms with Crippen molar-refractivity contribution in [1.29, 1.82) is 0 Å². The van der Waals surface area contributed by atoms with Crippen LogP contribution in [0.25, 0.3) is 0 Å². The minimum Gasteiger partial charge on any atom is -0.460 e. The first-order valence-electron chi connectivity index (χ1n) is 3.98. The summed E-state index contributed by atoms with van der Waals surface area (Å²) in [6.45, 7) is 2.04. The minimum absolute atomic E-state index is 0.0204. The van der Waals surface area contributed by atoms with Gasteiger partial charge in [-0.3, -0.25) is 14.9 Å². The molecule has 0 radical (unpaired) electrons. The third-order valence-electron chi connectivity index (χ3n) is 1.83. The van der Waals surface area contributed by atoms with E-state index in [1.54, 1.807) is 19.1 Å². The Morgan fingerprint density at radius 1 is 1.43 bits per heavy atom. The number of nitro benzene ring substituents is 1. The van der Waals surface area contributed by atoms with Gasteiger partial charge < -0.3 is 4.74 Å². The smallest absolute Gasteiger partial charge is 0.293 e. The third kappa shape index (κ3) is 2.29. The zero-order chi connectivity index (χ0) is 10.6. The van der Waals surface area contributed by atoms with E-state index in [1.165, 1.54) is 12.1 Å². The number of nitrogens with zero attached hydrogens (tertiary/aromatic N) is 1. The van der Waals surface area contributed by atoms with Crippen molar-refractivity contribution in [3.05, 3.63) is 39.9 Å². The van der Waals surface area contributed by atoms with Gasteiger partial charge in [-0.2, -0.15) is 0 Å². The number of ether oxygens (including phenoxy) is 1. The van der Waals surface area contributed by atoms with Crippen LogP contribution in [-0.2, 0) is 9.53 Å². The average molecular weight is 195 g/mol. The second-order valence-electron chi connectivity index (χ2n) is 2.72. The molecule has 0 spiro atoms. The van der Waals surface area contributed by atoms with E-state index in [1.807, 2.05) is 0 Å². The van der Waals surface area contributed by atoms with E-state index < -0.39 is 4.92 Å². The molecule has 0 aliphatic rings. The van der Waals surface area contributed by atoms with Crippen LogP contribution >= 0.6 is 0 Å². The first-order chi connectivity index (χ1) is 6.65. The maximum atomic E-state index is 10.3. The number of carbonyl (C=O) groups excluding carboxylic acids is 1. The highest BCUT2D eigenvalue weighted by molar-refractivity contribution is 5.39. The van der Waals surface area contributed by atoms with Crippen molar-refractivity contribution in [3.63, 3.8) is 0 Å². The van der Waals surface area contributed by atoms with Gasteiger partial charge in [0.05, 0.1) is 4.92 Å². The minimum atomic E-state index is -0.477. The van der Waals surface area contributed by atoms with Crippen molar-refractivity contribution < 1.29 is 14.5 Å². The van der Waals surface area contributed by atoms with Gasteiger partial charge in [-0.1, -0.05) is 0 Å². The Morgan fingerprint density at radius 2 is 2.00 bits per heavy atom. The lowest BCUT2D eigenvalue weighted by molar-refractivity contribution is -0.384. The quantitative estimate of drug-likeness (QED) is 0.417. The molecule has 0 bridgehead atoms. The van der Waals surface area contributed by atoms with Crippen molar-refractivity contribution in [2.24, 2.45) is 0 Å². The summed E-state index contributed by atoms with van der Waals surface area (Å²) in [5.74, 6) is 0. The van der Waals surface area contributed by atoms with E-state index >= 15 is 0 Å². The summed E-state index contributed by atoms with van der Waals surface area (Å²) in [5.41, 5.74) is 0.745. The molecule has 1 aromatic carbocycles. The highest BCUT2D eigenvalue weighted by Crippen LogP contribution is 2.19. The number of nitro groups is 1. The average Bonchev–Trinajstić information content (AvgIpc) is 2.18. The molecule has 1 atom stereocenters. The Balaban J connectivity index is 2.82. The lowest BCUT2D eigenvalue weighted by Crippen LogP contribution is -1.98. The number of benzene rings is 1. The molecular weight excluding hydrogens is 186 g/mol. The monoisotopic (exact) mass is 195 g/mol. The van der Waals surface area contributed by atoms with Crippen LogP contribution in [-0.4, -0.2) is 11.4 Å². The van der Waals surface area contributed by atoms with Gasteiger partial charge in [-0.15, -0.1) is 0 Å². The largest absolute Gasteiger partial charge is 0.460 e. The zero-order valence-electron chi connectivity index (χ0n) is 7.54. The predicted molar refractivity (Wildman–Crippen MR) is 48.7 cm³/mol. The van der Waals surface area contributed by atoms with E-state index in [-0.39, 0.29) is 11.8 Å². The first-order valence-corrected chi connectivity index (χ1v) is 3.98. The molecule has 0 aliphatic carbocycles. The number of hydrogen-bond donors (Lipinski definition) is 0. The zero-order valence-corrected chi connectivity index (χ0v) is 7.54. The van der Waals surface area contributed by atoms with Crippen LogP contribution in [0, 0.1) is 10.1 Å². The van der Waals surface area contributed by atoms with Crippen molar-refractivity contribution in [2.45, 2.75) is 13.0 Å². The maximum absolute atomic E-state index is 10.3. The Hall–Kier alpha value is -1.91. The van der Waals surface area contributed by atoms with Gasteiger partial charge in [0.2, 0.25) is 0 Å². The normalized spacial score (nSPS) is 11.8. The fraction of sp³-hybridized carbons (Fsp3) is 0.222. The van der Waals surface area contributed by atoms with Crippen molar-refractivity contribution in [3.8, 4) is 0 Å². The molecule has 0 saturated heterocycles. The SMILES string of the molecule is CC(OC=O)c1ccc([N+](=O)[O-])cc1. The molecule has 1 rings (SSSR count). The number of non-ortho nitro benzene ring substituents is 1. The lowest BCUT2D eigenvalue weighted by Gasteiger charge is -2.08. The Labute approximate surface area is 80.5 Å². The van der Waals surface area contributed by atoms with Crippen LogP contribution in [0.15, 0.2) is 24.3 Å². The van der Waals surface area contributed by atoms with Crippen LogP contribution in [0.1, 0.15) is 18.6 Å². The molecule has 0 heterocycles. The van der Waals surface area contributed by atoms with Crippen molar-refractivity contribution >= 4 is 12.2 Å². The van der Waals surface area contributed by atoms with Gasteiger partial charge in [-0.25, -0.2) is 0 Å². The van der Waals surface area contributed by atoms with Crippen LogP contribution in [0.4, 0.5) is 5.69 Å². The molecule has 0 aromatic heterocycles. The first kappa shape index (κ1) is 10.2. The van der Waals surface area contributed by atoms with Crippen LogP contribution in [0.3, 0.4) is 0 Å². The van der Waals surface area contributed by atoms with Gasteiger partial charge in [0.1, 0.15) is 6.10 Å². The van der Waals surface area contributed by atoms with Crippen molar-refractivity contribution in [1.82, 2.24) is 0 Å². The summed E-state index contributed by atoms with van der Waals surface area (Å²) in [7, 11) is 0. The summed E-state index contributed by atoms with van der Waals surface area (Å²) in [6.07, 6.45) is -0.381. The number of carbonyl (C=O) groups is 1. The molecule has 0 fully saturated rings. The topological polar surface area (TPSA) is 69.4 Å². The summed E-state index contributed by atoms with van der Waals surface area (Å²) >= 11 is 0. The molecule has 5 nitrogen and oxygen atoms in total. The second kappa shape index (κ2) is 4.36. The lowest BCUT2D eigenvalue weighted by atomic mass is 10.1. The molecule has 14 heavy (non-hydrogen) atoms. The van der Waals surface area contributed by atoms with Crippen LogP contribution in [0.2, 0.25) is 0 Å². The molecule has 0 N–H and O–H groups in total. The molecule has 74 valence electrons. The summed E-state index contributed by atoms with van der Waals surface area (Å²) in [5, 5.41) is 10.3. The fourth-order valence-corrected chi connectivity index (χ4v) is 1.03. The predicted octanol–water partition coefficient (Wildman–Crippen LogP) is 1.83. The maximum Gasteiger partial charge on any atom is 0.293 e. The van der Waals surface area contributed by atoms with E-state index in [4.69, 9.17) is 0 Å². The summed E-state index contributed by atoms with van der Waals surface area (Å²) in [4.78, 5) is 19.9. The highest BCUT2D eigenvalue weighted by atomic mass is 16.6. The number of rotatable bonds is 4. The molecule has 1 aromatic rings. The van der Waals surface area contributed by atoms with Crippen molar-refractivity contribution in [2.75, 3.05) is 0 Å².